The molecule has 5 heteroatoms. The molecule has 0 saturated carbocycles. The van der Waals surface area contributed by atoms with Crippen LogP contribution in [0.3, 0.4) is 0 Å². The highest BCUT2D eigenvalue weighted by Gasteiger charge is 2.13. The fraction of sp³-hybridized carbons (Fsp3) is 0.217. The van der Waals surface area contributed by atoms with Crippen LogP contribution in [0.1, 0.15) is 41.3 Å². The largest absolute Gasteiger partial charge is 0.322 e. The Morgan fingerprint density at radius 3 is 2.50 bits per heavy atom. The number of anilines is 1. The van der Waals surface area contributed by atoms with Crippen molar-refractivity contribution in [2.24, 2.45) is 0 Å². The average molecular weight is 378 g/mol. The topological polar surface area (TPSA) is 51.1 Å². The van der Waals surface area contributed by atoms with E-state index in [1.54, 1.807) is 30.5 Å². The maximum Gasteiger partial charge on any atom is 0.263 e. The summed E-state index contributed by atoms with van der Waals surface area (Å²) in [5.41, 5.74) is 1.81. The number of pyridine rings is 1. The molecule has 0 aliphatic rings. The second-order valence-electron chi connectivity index (χ2n) is 6.70. The van der Waals surface area contributed by atoms with Crippen molar-refractivity contribution < 1.29 is 9.18 Å². The first-order valence-electron chi connectivity index (χ1n) is 9.41. The van der Waals surface area contributed by atoms with E-state index in [0.717, 1.165) is 19.3 Å². The van der Waals surface area contributed by atoms with E-state index in [4.69, 9.17) is 0 Å². The van der Waals surface area contributed by atoms with Gasteiger partial charge >= 0.3 is 0 Å². The van der Waals surface area contributed by atoms with Crippen molar-refractivity contribution in [1.82, 2.24) is 4.57 Å². The third kappa shape index (κ3) is 4.74. The van der Waals surface area contributed by atoms with Crippen LogP contribution >= 0.6 is 0 Å². The molecular weight excluding hydrogens is 355 g/mol. The van der Waals surface area contributed by atoms with Gasteiger partial charge in [0, 0.05) is 17.4 Å². The van der Waals surface area contributed by atoms with Crippen LogP contribution in [0.5, 0.6) is 0 Å². The first-order chi connectivity index (χ1) is 13.6. The van der Waals surface area contributed by atoms with E-state index in [-0.39, 0.29) is 17.9 Å². The first-order valence-corrected chi connectivity index (χ1v) is 9.41. The number of halogens is 1. The fourth-order valence-corrected chi connectivity index (χ4v) is 2.98. The molecule has 28 heavy (non-hydrogen) atoms. The first kappa shape index (κ1) is 19.5. The van der Waals surface area contributed by atoms with Crippen LogP contribution in [0, 0.1) is 5.82 Å². The quantitative estimate of drug-likeness (QED) is 0.652. The molecule has 0 aliphatic heterocycles. The summed E-state index contributed by atoms with van der Waals surface area (Å²) in [7, 11) is 0. The Bertz CT molecular complexity index is 1010. The van der Waals surface area contributed by atoms with Crippen LogP contribution in [-0.2, 0) is 13.0 Å². The van der Waals surface area contributed by atoms with Crippen LogP contribution in [0.2, 0.25) is 0 Å². The number of aromatic nitrogens is 1. The van der Waals surface area contributed by atoms with Gasteiger partial charge in [0.15, 0.2) is 0 Å². The summed E-state index contributed by atoms with van der Waals surface area (Å²) in [4.78, 5) is 25.2. The molecule has 4 nitrogen and oxygen atoms in total. The molecule has 0 atom stereocenters. The van der Waals surface area contributed by atoms with Gasteiger partial charge < -0.3 is 9.88 Å². The lowest BCUT2D eigenvalue weighted by Crippen LogP contribution is -2.29. The number of hydrogen-bond donors (Lipinski definition) is 1. The Morgan fingerprint density at radius 2 is 1.79 bits per heavy atom. The molecule has 3 rings (SSSR count). The van der Waals surface area contributed by atoms with E-state index >= 15 is 0 Å². The molecule has 0 bridgehead atoms. The monoisotopic (exact) mass is 378 g/mol. The molecule has 0 radical (unpaired) electrons. The molecule has 1 heterocycles. The predicted octanol–water partition coefficient (Wildman–Crippen LogP) is 4.63. The van der Waals surface area contributed by atoms with Gasteiger partial charge in [-0.1, -0.05) is 43.7 Å². The highest BCUT2D eigenvalue weighted by molar-refractivity contribution is 6.03. The molecular formula is C23H23FN2O2. The second kappa shape index (κ2) is 9.13. The zero-order valence-corrected chi connectivity index (χ0v) is 15.8. The molecule has 144 valence electrons. The molecule has 0 aliphatic carbocycles. The lowest BCUT2D eigenvalue weighted by molar-refractivity contribution is 0.102. The minimum absolute atomic E-state index is 0.0221. The van der Waals surface area contributed by atoms with Crippen LogP contribution in [0.25, 0.3) is 0 Å². The summed E-state index contributed by atoms with van der Waals surface area (Å²) < 4.78 is 15.2. The number of benzene rings is 2. The molecule has 0 unspecified atom stereocenters. The zero-order valence-electron chi connectivity index (χ0n) is 15.8. The van der Waals surface area contributed by atoms with Crippen molar-refractivity contribution in [3.8, 4) is 0 Å². The second-order valence-corrected chi connectivity index (χ2v) is 6.70. The van der Waals surface area contributed by atoms with Gasteiger partial charge in [0.25, 0.3) is 11.5 Å². The number of hydrogen-bond acceptors (Lipinski definition) is 2. The van der Waals surface area contributed by atoms with Crippen molar-refractivity contribution in [1.29, 1.82) is 0 Å². The minimum atomic E-state index is -0.478. The number of carbonyl (C=O) groups is 1. The number of carbonyl (C=O) groups excluding carboxylic acids is 1. The molecule has 1 amide bonds. The summed E-state index contributed by atoms with van der Waals surface area (Å²) in [5, 5.41) is 2.76. The average Bonchev–Trinajstić information content (AvgIpc) is 2.70. The van der Waals surface area contributed by atoms with Crippen molar-refractivity contribution in [3.05, 3.63) is 99.7 Å². The number of rotatable bonds is 7. The van der Waals surface area contributed by atoms with E-state index in [1.165, 1.54) is 22.3 Å². The van der Waals surface area contributed by atoms with Crippen molar-refractivity contribution in [3.63, 3.8) is 0 Å². The molecule has 3 aromatic rings. The van der Waals surface area contributed by atoms with E-state index in [0.29, 0.717) is 11.3 Å². The summed E-state index contributed by atoms with van der Waals surface area (Å²) in [5.74, 6) is -0.860. The van der Waals surface area contributed by atoms with Crippen LogP contribution in [0.4, 0.5) is 10.1 Å². The third-order valence-corrected chi connectivity index (χ3v) is 4.59. The van der Waals surface area contributed by atoms with Crippen molar-refractivity contribution in [2.75, 3.05) is 5.32 Å². The van der Waals surface area contributed by atoms with Crippen LogP contribution in [0.15, 0.2) is 71.7 Å². The Hall–Kier alpha value is -3.21. The standard InChI is InChI=1S/C23H23FN2O2/c1-2-3-7-17-11-13-19(14-12-17)25-22(27)20-9-6-15-26(23(20)28)16-18-8-4-5-10-21(18)24/h4-6,8-15H,2-3,7,16H2,1H3,(H,25,27). The normalized spacial score (nSPS) is 10.6. The van der Waals surface area contributed by atoms with Gasteiger partial charge in [-0.25, -0.2) is 4.39 Å². The van der Waals surface area contributed by atoms with Gasteiger partial charge in [-0.15, -0.1) is 0 Å². The third-order valence-electron chi connectivity index (χ3n) is 4.59. The van der Waals surface area contributed by atoms with Crippen LogP contribution in [-0.4, -0.2) is 10.5 Å². The Balaban J connectivity index is 1.75. The molecule has 0 saturated heterocycles. The lowest BCUT2D eigenvalue weighted by atomic mass is 10.1. The fourth-order valence-electron chi connectivity index (χ4n) is 2.98. The molecule has 2 aromatic carbocycles. The van der Waals surface area contributed by atoms with Gasteiger partial charge in [-0.2, -0.15) is 0 Å². The molecule has 1 aromatic heterocycles. The van der Waals surface area contributed by atoms with Gasteiger partial charge in [-0.3, -0.25) is 9.59 Å². The molecule has 1 N–H and O–H groups in total. The zero-order chi connectivity index (χ0) is 19.9. The Labute approximate surface area is 163 Å². The number of amides is 1. The molecule has 0 spiro atoms. The lowest BCUT2D eigenvalue weighted by Gasteiger charge is -2.10. The van der Waals surface area contributed by atoms with E-state index in [9.17, 15) is 14.0 Å². The predicted molar refractivity (Wildman–Crippen MR) is 109 cm³/mol. The van der Waals surface area contributed by atoms with E-state index in [1.807, 2.05) is 24.3 Å². The van der Waals surface area contributed by atoms with Crippen LogP contribution < -0.4 is 10.9 Å². The maximum absolute atomic E-state index is 13.9. The SMILES string of the molecule is CCCCc1ccc(NC(=O)c2cccn(Cc3ccccc3F)c2=O)cc1. The summed E-state index contributed by atoms with van der Waals surface area (Å²) >= 11 is 0. The summed E-state index contributed by atoms with van der Waals surface area (Å²) in [6.45, 7) is 2.21. The maximum atomic E-state index is 13.9. The van der Waals surface area contributed by atoms with Crippen molar-refractivity contribution in [2.45, 2.75) is 32.7 Å². The minimum Gasteiger partial charge on any atom is -0.322 e. The number of nitrogens with zero attached hydrogens (tertiary/aromatic N) is 1. The van der Waals surface area contributed by atoms with E-state index in [2.05, 4.69) is 12.2 Å². The summed E-state index contributed by atoms with van der Waals surface area (Å²) in [6, 6.07) is 17.0. The summed E-state index contributed by atoms with van der Waals surface area (Å²) in [6.07, 6.45) is 4.81. The van der Waals surface area contributed by atoms with E-state index < -0.39 is 11.5 Å². The number of unbranched alkanes of at least 4 members (excludes halogenated alkanes) is 1. The van der Waals surface area contributed by atoms with Crippen molar-refractivity contribution >= 4 is 11.6 Å². The van der Waals surface area contributed by atoms with Gasteiger partial charge in [0.05, 0.1) is 6.54 Å². The molecule has 0 fully saturated rings. The van der Waals surface area contributed by atoms with Gasteiger partial charge in [-0.05, 0) is 48.7 Å². The van der Waals surface area contributed by atoms with Gasteiger partial charge in [0.1, 0.15) is 11.4 Å². The number of aryl methyl sites for hydroxylation is 1. The highest BCUT2D eigenvalue weighted by Crippen LogP contribution is 2.13. The Morgan fingerprint density at radius 1 is 1.04 bits per heavy atom. The highest BCUT2D eigenvalue weighted by atomic mass is 19.1. The smallest absolute Gasteiger partial charge is 0.263 e. The van der Waals surface area contributed by atoms with Gasteiger partial charge in [0.2, 0.25) is 0 Å². The number of nitrogens with one attached hydrogen (secondary N) is 1. The Kier molecular flexibility index (Phi) is 6.37.